The molecule has 0 amide bonds. The van der Waals surface area contributed by atoms with Crippen molar-refractivity contribution in [2.24, 2.45) is 0 Å². The van der Waals surface area contributed by atoms with E-state index in [0.29, 0.717) is 11.1 Å². The van der Waals surface area contributed by atoms with Crippen LogP contribution in [0.25, 0.3) is 0 Å². The molecule has 2 aromatic rings. The third-order valence-electron chi connectivity index (χ3n) is 5.57. The quantitative estimate of drug-likeness (QED) is 0.781. The van der Waals surface area contributed by atoms with E-state index >= 15 is 0 Å². The number of rotatable bonds is 0. The summed E-state index contributed by atoms with van der Waals surface area (Å²) in [7, 11) is 0. The van der Waals surface area contributed by atoms with Crippen molar-refractivity contribution in [1.82, 2.24) is 0 Å². The van der Waals surface area contributed by atoms with Crippen LogP contribution in [-0.4, -0.2) is 10.2 Å². The summed E-state index contributed by atoms with van der Waals surface area (Å²) in [6.45, 7) is 3.45. The minimum Gasteiger partial charge on any atom is -0.381 e. The molecule has 0 aliphatic heterocycles. The highest BCUT2D eigenvalue weighted by molar-refractivity contribution is 5.60. The van der Waals surface area contributed by atoms with Crippen LogP contribution < -0.4 is 0 Å². The molecule has 0 heterocycles. The highest BCUT2D eigenvalue weighted by Crippen LogP contribution is 2.50. The molecule has 3 heteroatoms. The third kappa shape index (κ3) is 1.93. The predicted molar refractivity (Wildman–Crippen MR) is 86.8 cm³/mol. The van der Waals surface area contributed by atoms with Gasteiger partial charge in [0.15, 0.2) is 0 Å². The maximum Gasteiger partial charge on any atom is 0.123 e. The second kappa shape index (κ2) is 4.65. The Morgan fingerprint density at radius 1 is 0.870 bits per heavy atom. The monoisotopic (exact) mass is 312 g/mol. The van der Waals surface area contributed by atoms with Gasteiger partial charge in [-0.25, -0.2) is 4.39 Å². The molecule has 0 saturated heterocycles. The fraction of sp³-hybridized carbons (Fsp3) is 0.400. The third-order valence-corrected chi connectivity index (χ3v) is 5.57. The molecule has 2 N–H and O–H groups in total. The molecule has 120 valence electrons. The molecule has 0 spiro atoms. The highest BCUT2D eigenvalue weighted by atomic mass is 19.1. The molecule has 0 saturated carbocycles. The van der Waals surface area contributed by atoms with Gasteiger partial charge in [0.25, 0.3) is 0 Å². The minimum absolute atomic E-state index is 0.395. The van der Waals surface area contributed by atoms with E-state index in [1.807, 2.05) is 6.07 Å². The zero-order chi connectivity index (χ0) is 16.4. The molecule has 0 unspecified atom stereocenters. The summed E-state index contributed by atoms with van der Waals surface area (Å²) in [5.41, 5.74) is 2.41. The van der Waals surface area contributed by atoms with Crippen molar-refractivity contribution < 1.29 is 14.6 Å². The molecule has 4 rings (SSSR count). The van der Waals surface area contributed by atoms with Gasteiger partial charge >= 0.3 is 0 Å². The first-order chi connectivity index (χ1) is 10.8. The number of benzene rings is 2. The summed E-state index contributed by atoms with van der Waals surface area (Å²) in [5, 5.41) is 22.5. The number of fused-ring (bicyclic) bond motifs is 4. The van der Waals surface area contributed by atoms with Crippen LogP contribution in [0, 0.1) is 5.82 Å². The van der Waals surface area contributed by atoms with Crippen LogP contribution in [0.3, 0.4) is 0 Å². The highest BCUT2D eigenvalue weighted by Gasteiger charge is 2.46. The standard InChI is InChI=1S/C20H21FO2/c1-19(22)15-10-8-13(21)11-17(15)20(2,23)18-14-6-4-3-5-12(14)7-9-16(18)19/h7-11,22-23H,3-6H2,1-2H3/t19-,20-/m1/s1. The Morgan fingerprint density at radius 2 is 1.57 bits per heavy atom. The second-order valence-corrected chi connectivity index (χ2v) is 7.17. The van der Waals surface area contributed by atoms with E-state index in [-0.39, 0.29) is 0 Å². The van der Waals surface area contributed by atoms with Crippen molar-refractivity contribution >= 4 is 0 Å². The van der Waals surface area contributed by atoms with Gasteiger partial charge in [0.2, 0.25) is 0 Å². The van der Waals surface area contributed by atoms with E-state index in [1.165, 1.54) is 17.7 Å². The lowest BCUT2D eigenvalue weighted by Gasteiger charge is -2.43. The number of halogens is 1. The second-order valence-electron chi connectivity index (χ2n) is 7.17. The van der Waals surface area contributed by atoms with E-state index < -0.39 is 17.0 Å². The van der Waals surface area contributed by atoms with E-state index in [4.69, 9.17) is 0 Å². The van der Waals surface area contributed by atoms with Crippen molar-refractivity contribution in [2.45, 2.75) is 50.7 Å². The van der Waals surface area contributed by atoms with Crippen molar-refractivity contribution in [3.05, 3.63) is 69.5 Å². The molecule has 23 heavy (non-hydrogen) atoms. The lowest BCUT2D eigenvalue weighted by Crippen LogP contribution is -2.41. The van der Waals surface area contributed by atoms with Gasteiger partial charge in [-0.2, -0.15) is 0 Å². The molecule has 0 radical (unpaired) electrons. The van der Waals surface area contributed by atoms with Crippen LogP contribution in [0.5, 0.6) is 0 Å². The summed E-state index contributed by atoms with van der Waals surface area (Å²) in [4.78, 5) is 0. The molecule has 2 aliphatic rings. The van der Waals surface area contributed by atoms with Crippen LogP contribution in [-0.2, 0) is 24.0 Å². The lowest BCUT2D eigenvalue weighted by atomic mass is 9.66. The van der Waals surface area contributed by atoms with Gasteiger partial charge in [-0.05, 0) is 85.0 Å². The average Bonchev–Trinajstić information content (AvgIpc) is 2.52. The molecule has 2 aromatic carbocycles. The minimum atomic E-state index is -1.29. The van der Waals surface area contributed by atoms with Crippen LogP contribution >= 0.6 is 0 Å². The Hall–Kier alpha value is -1.71. The van der Waals surface area contributed by atoms with E-state index in [9.17, 15) is 14.6 Å². The van der Waals surface area contributed by atoms with E-state index in [2.05, 4.69) is 6.07 Å². The normalized spacial score (nSPS) is 28.7. The van der Waals surface area contributed by atoms with E-state index in [0.717, 1.165) is 42.4 Å². The van der Waals surface area contributed by atoms with Crippen LogP contribution in [0.2, 0.25) is 0 Å². The largest absolute Gasteiger partial charge is 0.381 e. The van der Waals surface area contributed by atoms with Crippen molar-refractivity contribution in [2.75, 3.05) is 0 Å². The first-order valence-corrected chi connectivity index (χ1v) is 8.24. The van der Waals surface area contributed by atoms with Gasteiger partial charge in [-0.3, -0.25) is 0 Å². The molecule has 0 aromatic heterocycles. The Bertz CT molecular complexity index is 806. The van der Waals surface area contributed by atoms with Gasteiger partial charge in [-0.15, -0.1) is 0 Å². The van der Waals surface area contributed by atoms with Crippen molar-refractivity contribution in [3.63, 3.8) is 0 Å². The lowest BCUT2D eigenvalue weighted by molar-refractivity contribution is 0.0496. The maximum atomic E-state index is 13.8. The van der Waals surface area contributed by atoms with Gasteiger partial charge in [-0.1, -0.05) is 18.2 Å². The average molecular weight is 312 g/mol. The van der Waals surface area contributed by atoms with E-state index in [1.54, 1.807) is 19.9 Å². The first kappa shape index (κ1) is 14.9. The zero-order valence-corrected chi connectivity index (χ0v) is 13.5. The van der Waals surface area contributed by atoms with Crippen LogP contribution in [0.1, 0.15) is 60.1 Å². The topological polar surface area (TPSA) is 40.5 Å². The Labute approximate surface area is 135 Å². The van der Waals surface area contributed by atoms with Crippen molar-refractivity contribution in [1.29, 1.82) is 0 Å². The summed E-state index contributed by atoms with van der Waals surface area (Å²) < 4.78 is 13.8. The predicted octanol–water partition coefficient (Wildman–Crippen LogP) is 3.53. The molecule has 0 bridgehead atoms. The number of aryl methyl sites for hydroxylation is 1. The van der Waals surface area contributed by atoms with Gasteiger partial charge in [0.1, 0.15) is 17.0 Å². The molecule has 2 nitrogen and oxygen atoms in total. The Kier molecular flexibility index (Phi) is 3.00. The molecule has 0 fully saturated rings. The summed E-state index contributed by atoms with van der Waals surface area (Å²) in [6, 6.07) is 8.29. The Morgan fingerprint density at radius 3 is 2.35 bits per heavy atom. The van der Waals surface area contributed by atoms with Crippen LogP contribution in [0.15, 0.2) is 30.3 Å². The Balaban J connectivity index is 2.08. The first-order valence-electron chi connectivity index (χ1n) is 8.24. The molecular weight excluding hydrogens is 291 g/mol. The number of hydrogen-bond donors (Lipinski definition) is 2. The number of hydrogen-bond acceptors (Lipinski definition) is 2. The summed E-state index contributed by atoms with van der Waals surface area (Å²) in [5.74, 6) is -0.395. The maximum absolute atomic E-state index is 13.8. The zero-order valence-electron chi connectivity index (χ0n) is 13.5. The fourth-order valence-electron chi connectivity index (χ4n) is 4.41. The summed E-state index contributed by atoms with van der Waals surface area (Å²) in [6.07, 6.45) is 4.12. The van der Waals surface area contributed by atoms with Gasteiger partial charge in [0, 0.05) is 0 Å². The smallest absolute Gasteiger partial charge is 0.123 e. The molecular formula is C20H21FO2. The van der Waals surface area contributed by atoms with Gasteiger partial charge in [0.05, 0.1) is 0 Å². The SMILES string of the molecule is C[C@@]1(O)c2ccc(F)cc2[C@@](C)(O)c2c1ccc1c2CCCC1. The number of aliphatic hydroxyl groups is 2. The molecule has 2 aliphatic carbocycles. The van der Waals surface area contributed by atoms with Crippen LogP contribution in [0.4, 0.5) is 4.39 Å². The van der Waals surface area contributed by atoms with Crippen molar-refractivity contribution in [3.8, 4) is 0 Å². The van der Waals surface area contributed by atoms with Gasteiger partial charge < -0.3 is 10.2 Å². The molecule has 2 atom stereocenters. The summed E-state index contributed by atoms with van der Waals surface area (Å²) >= 11 is 0. The fourth-order valence-corrected chi connectivity index (χ4v) is 4.41.